The molecule has 0 atom stereocenters. The Kier molecular flexibility index (Phi) is 6.30. The zero-order valence-corrected chi connectivity index (χ0v) is 6.95. The van der Waals surface area contributed by atoms with Crippen molar-refractivity contribution < 1.29 is 4.79 Å². The summed E-state index contributed by atoms with van der Waals surface area (Å²) in [5.74, 6) is 1.66. The highest BCUT2D eigenvalue weighted by atomic mass is 16.1. The summed E-state index contributed by atoms with van der Waals surface area (Å²) in [5, 5.41) is 0. The van der Waals surface area contributed by atoms with Crippen LogP contribution in [-0.4, -0.2) is 31.5 Å². The molecule has 0 bridgehead atoms. The highest BCUT2D eigenvalue weighted by Crippen LogP contribution is 1.79. The molecule has 0 fully saturated rings. The summed E-state index contributed by atoms with van der Waals surface area (Å²) >= 11 is 0. The maximum Gasteiger partial charge on any atom is 0.124 e. The standard InChI is InChI=1S/C9H13NO/c1-10(2)8-6-4-3-5-7-9-11/h3-7H,8H2,1-2H3/b5-3+,6-4+. The molecule has 11 heavy (non-hydrogen) atoms. The quantitative estimate of drug-likeness (QED) is 0.442. The van der Waals surface area contributed by atoms with Gasteiger partial charge in [-0.1, -0.05) is 24.3 Å². The lowest BCUT2D eigenvalue weighted by molar-refractivity contribution is 0.456. The van der Waals surface area contributed by atoms with Crippen molar-refractivity contribution in [2.45, 2.75) is 0 Å². The normalized spacial score (nSPS) is 11.2. The van der Waals surface area contributed by atoms with Crippen LogP contribution in [0.1, 0.15) is 0 Å². The van der Waals surface area contributed by atoms with Crippen molar-refractivity contribution in [1.82, 2.24) is 4.90 Å². The van der Waals surface area contributed by atoms with E-state index in [2.05, 4.69) is 4.90 Å². The first kappa shape index (κ1) is 9.89. The molecule has 0 saturated heterocycles. The lowest BCUT2D eigenvalue weighted by Gasteiger charge is -2.02. The molecule has 0 aliphatic carbocycles. The summed E-state index contributed by atoms with van der Waals surface area (Å²) in [4.78, 5) is 11.7. The fraction of sp³-hybridized carbons (Fsp3) is 0.333. The topological polar surface area (TPSA) is 20.3 Å². The predicted molar refractivity (Wildman–Crippen MR) is 47.1 cm³/mol. The average molecular weight is 151 g/mol. The van der Waals surface area contributed by atoms with Crippen molar-refractivity contribution >= 4 is 5.94 Å². The smallest absolute Gasteiger partial charge is 0.124 e. The Balaban J connectivity index is 3.51. The molecule has 2 nitrogen and oxygen atoms in total. The molecule has 0 N–H and O–H groups in total. The van der Waals surface area contributed by atoms with E-state index in [0.717, 1.165) is 6.54 Å². The van der Waals surface area contributed by atoms with Crippen LogP contribution in [0.4, 0.5) is 0 Å². The van der Waals surface area contributed by atoms with Crippen molar-refractivity contribution in [2.75, 3.05) is 20.6 Å². The van der Waals surface area contributed by atoms with Crippen LogP contribution in [0, 0.1) is 0 Å². The first-order valence-electron chi connectivity index (χ1n) is 3.45. The van der Waals surface area contributed by atoms with Crippen LogP contribution in [0.5, 0.6) is 0 Å². The number of rotatable bonds is 4. The van der Waals surface area contributed by atoms with Crippen LogP contribution >= 0.6 is 0 Å². The van der Waals surface area contributed by atoms with Crippen molar-refractivity contribution in [2.24, 2.45) is 0 Å². The summed E-state index contributed by atoms with van der Waals surface area (Å²) in [5.41, 5.74) is 0. The first-order valence-corrected chi connectivity index (χ1v) is 3.45. The second-order valence-corrected chi connectivity index (χ2v) is 2.36. The van der Waals surface area contributed by atoms with E-state index in [1.165, 1.54) is 6.08 Å². The molecule has 0 aliphatic rings. The highest BCUT2D eigenvalue weighted by Gasteiger charge is 1.78. The van der Waals surface area contributed by atoms with Crippen LogP contribution in [0.3, 0.4) is 0 Å². The Bertz CT molecular complexity index is 186. The van der Waals surface area contributed by atoms with Crippen molar-refractivity contribution in [3.63, 3.8) is 0 Å². The molecule has 0 rings (SSSR count). The van der Waals surface area contributed by atoms with Gasteiger partial charge >= 0.3 is 0 Å². The van der Waals surface area contributed by atoms with Gasteiger partial charge in [0, 0.05) is 12.6 Å². The van der Waals surface area contributed by atoms with Crippen LogP contribution in [0.15, 0.2) is 30.4 Å². The summed E-state index contributed by atoms with van der Waals surface area (Å²) in [6.45, 7) is 0.912. The monoisotopic (exact) mass is 151 g/mol. The van der Waals surface area contributed by atoms with Crippen LogP contribution < -0.4 is 0 Å². The molecule has 0 aliphatic heterocycles. The first-order chi connectivity index (χ1) is 5.27. The molecule has 0 spiro atoms. The second kappa shape index (κ2) is 7.00. The van der Waals surface area contributed by atoms with Gasteiger partial charge in [0.2, 0.25) is 0 Å². The largest absolute Gasteiger partial charge is 0.306 e. The lowest BCUT2D eigenvalue weighted by Crippen LogP contribution is -2.10. The van der Waals surface area contributed by atoms with E-state index < -0.39 is 0 Å². The SMILES string of the molecule is CN(C)C/C=C/C=C/C=C=O. The maximum absolute atomic E-state index is 9.68. The molecule has 0 unspecified atom stereocenters. The van der Waals surface area contributed by atoms with E-state index >= 15 is 0 Å². The Morgan fingerprint density at radius 1 is 1.27 bits per heavy atom. The van der Waals surface area contributed by atoms with Gasteiger partial charge in [-0.2, -0.15) is 0 Å². The molecular formula is C9H13NO. The molecule has 0 radical (unpaired) electrons. The van der Waals surface area contributed by atoms with Crippen LogP contribution in [-0.2, 0) is 4.79 Å². The van der Waals surface area contributed by atoms with Gasteiger partial charge in [0.05, 0.1) is 0 Å². The molecule has 2 heteroatoms. The van der Waals surface area contributed by atoms with Gasteiger partial charge in [-0.15, -0.1) is 0 Å². The molecule has 0 amide bonds. The van der Waals surface area contributed by atoms with Gasteiger partial charge in [-0.25, -0.2) is 4.79 Å². The predicted octanol–water partition coefficient (Wildman–Crippen LogP) is 1.05. The van der Waals surface area contributed by atoms with Gasteiger partial charge in [0.15, 0.2) is 0 Å². The zero-order chi connectivity index (χ0) is 8.53. The Morgan fingerprint density at radius 3 is 2.55 bits per heavy atom. The number of nitrogens with zero attached hydrogens (tertiary/aromatic N) is 1. The third-order valence-electron chi connectivity index (χ3n) is 0.993. The minimum Gasteiger partial charge on any atom is -0.306 e. The molecule has 0 aromatic rings. The van der Waals surface area contributed by atoms with Crippen molar-refractivity contribution in [1.29, 1.82) is 0 Å². The minimum absolute atomic E-state index is 0.912. The second-order valence-electron chi connectivity index (χ2n) is 2.36. The average Bonchev–Trinajstić information content (AvgIpc) is 1.96. The van der Waals surface area contributed by atoms with Gasteiger partial charge < -0.3 is 4.90 Å². The lowest BCUT2D eigenvalue weighted by atomic mass is 10.4. The molecule has 60 valence electrons. The van der Waals surface area contributed by atoms with E-state index in [-0.39, 0.29) is 0 Å². The number of hydrogen-bond donors (Lipinski definition) is 0. The van der Waals surface area contributed by atoms with E-state index in [1.54, 1.807) is 18.1 Å². The maximum atomic E-state index is 9.68. The van der Waals surface area contributed by atoms with Crippen LogP contribution in [0.2, 0.25) is 0 Å². The third kappa shape index (κ3) is 8.89. The fourth-order valence-corrected chi connectivity index (χ4v) is 0.509. The highest BCUT2D eigenvalue weighted by molar-refractivity contribution is 5.48. The molecule has 0 aromatic heterocycles. The van der Waals surface area contributed by atoms with Crippen LogP contribution in [0.25, 0.3) is 0 Å². The number of hydrogen-bond acceptors (Lipinski definition) is 2. The number of allylic oxidation sites excluding steroid dienone is 4. The Hall–Kier alpha value is -1.11. The zero-order valence-electron chi connectivity index (χ0n) is 6.95. The van der Waals surface area contributed by atoms with Crippen molar-refractivity contribution in [3.05, 3.63) is 30.4 Å². The van der Waals surface area contributed by atoms with E-state index in [4.69, 9.17) is 0 Å². The summed E-state index contributed by atoms with van der Waals surface area (Å²) in [7, 11) is 4.00. The molecular weight excluding hydrogens is 138 g/mol. The third-order valence-corrected chi connectivity index (χ3v) is 0.993. The molecule has 0 saturated carbocycles. The van der Waals surface area contributed by atoms with Gasteiger partial charge in [0.1, 0.15) is 5.94 Å². The summed E-state index contributed by atoms with van der Waals surface area (Å²) in [6.07, 6.45) is 8.69. The Morgan fingerprint density at radius 2 is 2.00 bits per heavy atom. The van der Waals surface area contributed by atoms with E-state index in [1.807, 2.05) is 26.2 Å². The number of likely N-dealkylation sites (N-methyl/N-ethyl adjacent to an activating group) is 1. The van der Waals surface area contributed by atoms with Crippen molar-refractivity contribution in [3.8, 4) is 0 Å². The van der Waals surface area contributed by atoms with Gasteiger partial charge in [-0.3, -0.25) is 0 Å². The Labute approximate surface area is 67.5 Å². The van der Waals surface area contributed by atoms with E-state index in [0.29, 0.717) is 0 Å². The minimum atomic E-state index is 0.912. The molecule has 0 aromatic carbocycles. The van der Waals surface area contributed by atoms with E-state index in [9.17, 15) is 4.79 Å². The van der Waals surface area contributed by atoms with Gasteiger partial charge in [0.25, 0.3) is 0 Å². The van der Waals surface area contributed by atoms with Gasteiger partial charge in [-0.05, 0) is 14.1 Å². The summed E-state index contributed by atoms with van der Waals surface area (Å²) < 4.78 is 0. The molecule has 0 heterocycles. The fourth-order valence-electron chi connectivity index (χ4n) is 0.509. The summed E-state index contributed by atoms with van der Waals surface area (Å²) in [6, 6.07) is 0. The number of carbonyl (C=O) groups excluding carboxylic acids is 1.